The van der Waals surface area contributed by atoms with Gasteiger partial charge in [0, 0.05) is 12.0 Å². The van der Waals surface area contributed by atoms with E-state index in [4.69, 9.17) is 10.5 Å². The highest BCUT2D eigenvalue weighted by Gasteiger charge is 2.22. The molecule has 9 heavy (non-hydrogen) atoms. The second kappa shape index (κ2) is 2.99. The van der Waals surface area contributed by atoms with Crippen LogP contribution in [-0.2, 0) is 4.74 Å². The number of ether oxygens (including phenoxy) is 1. The average Bonchev–Trinajstić information content (AvgIpc) is 2.18. The molecule has 0 saturated carbocycles. The molecule has 1 aliphatic rings. The molecule has 1 fully saturated rings. The minimum Gasteiger partial charge on any atom is -0.379 e. The summed E-state index contributed by atoms with van der Waals surface area (Å²) in [6.07, 6.45) is 2.89. The maximum atomic E-state index is 5.69. The standard InChI is InChI=1S/C7H13NO/c1-2-3-6-4-9-5-7(6)8/h2,6-7H,1,3-5,8H2/t6-,7-/m0/s1. The highest BCUT2D eigenvalue weighted by Crippen LogP contribution is 2.15. The van der Waals surface area contributed by atoms with Crippen LogP contribution in [-0.4, -0.2) is 19.3 Å². The van der Waals surface area contributed by atoms with Crippen molar-refractivity contribution in [3.05, 3.63) is 12.7 Å². The van der Waals surface area contributed by atoms with Gasteiger partial charge in [0.2, 0.25) is 0 Å². The van der Waals surface area contributed by atoms with Crippen LogP contribution in [0.15, 0.2) is 12.7 Å². The molecule has 0 unspecified atom stereocenters. The minimum atomic E-state index is 0.239. The Kier molecular flexibility index (Phi) is 2.25. The summed E-state index contributed by atoms with van der Waals surface area (Å²) < 4.78 is 5.15. The first-order valence-electron chi connectivity index (χ1n) is 3.29. The van der Waals surface area contributed by atoms with Crippen LogP contribution in [0.4, 0.5) is 0 Å². The van der Waals surface area contributed by atoms with Crippen LogP contribution in [0.3, 0.4) is 0 Å². The Hall–Kier alpha value is -0.340. The Labute approximate surface area is 55.7 Å². The van der Waals surface area contributed by atoms with Crippen LogP contribution < -0.4 is 5.73 Å². The fraction of sp³-hybridized carbons (Fsp3) is 0.714. The molecular weight excluding hydrogens is 114 g/mol. The molecule has 2 nitrogen and oxygen atoms in total. The summed E-state index contributed by atoms with van der Waals surface area (Å²) >= 11 is 0. The predicted octanol–water partition coefficient (Wildman–Crippen LogP) is 0.536. The van der Waals surface area contributed by atoms with Gasteiger partial charge in [-0.25, -0.2) is 0 Å². The molecule has 0 aromatic rings. The topological polar surface area (TPSA) is 35.2 Å². The van der Waals surface area contributed by atoms with Crippen molar-refractivity contribution in [3.8, 4) is 0 Å². The Balaban J connectivity index is 2.30. The number of hydrogen-bond acceptors (Lipinski definition) is 2. The molecule has 1 aliphatic heterocycles. The summed E-state index contributed by atoms with van der Waals surface area (Å²) in [5, 5.41) is 0. The van der Waals surface area contributed by atoms with E-state index in [1.807, 2.05) is 6.08 Å². The zero-order chi connectivity index (χ0) is 6.69. The quantitative estimate of drug-likeness (QED) is 0.549. The van der Waals surface area contributed by atoms with Crippen molar-refractivity contribution >= 4 is 0 Å². The maximum absolute atomic E-state index is 5.69. The van der Waals surface area contributed by atoms with Crippen LogP contribution in [0.2, 0.25) is 0 Å². The van der Waals surface area contributed by atoms with Gasteiger partial charge in [-0.2, -0.15) is 0 Å². The lowest BCUT2D eigenvalue weighted by molar-refractivity contribution is 0.184. The van der Waals surface area contributed by atoms with Crippen molar-refractivity contribution in [2.24, 2.45) is 11.7 Å². The molecule has 2 heteroatoms. The SMILES string of the molecule is C=CC[C@H]1COC[C@@H]1N. The number of allylic oxidation sites excluding steroid dienone is 1. The first-order chi connectivity index (χ1) is 4.34. The summed E-state index contributed by atoms with van der Waals surface area (Å²) in [6, 6.07) is 0.239. The zero-order valence-corrected chi connectivity index (χ0v) is 5.55. The second-order valence-electron chi connectivity index (χ2n) is 2.49. The number of hydrogen-bond donors (Lipinski definition) is 1. The highest BCUT2D eigenvalue weighted by molar-refractivity contribution is 4.83. The molecule has 1 rings (SSSR count). The molecule has 0 aromatic heterocycles. The van der Waals surface area contributed by atoms with Gasteiger partial charge in [0.05, 0.1) is 13.2 Å². The Morgan fingerprint density at radius 3 is 2.89 bits per heavy atom. The van der Waals surface area contributed by atoms with Gasteiger partial charge in [0.1, 0.15) is 0 Å². The molecule has 0 spiro atoms. The normalized spacial score (nSPS) is 34.8. The molecular formula is C7H13NO. The molecule has 2 N–H and O–H groups in total. The third-order valence-electron chi connectivity index (χ3n) is 1.72. The third-order valence-corrected chi connectivity index (χ3v) is 1.72. The summed E-state index contributed by atoms with van der Waals surface area (Å²) in [5.41, 5.74) is 5.69. The van der Waals surface area contributed by atoms with E-state index >= 15 is 0 Å². The lowest BCUT2D eigenvalue weighted by atomic mass is 10.0. The van der Waals surface area contributed by atoms with Crippen molar-refractivity contribution < 1.29 is 4.74 Å². The summed E-state index contributed by atoms with van der Waals surface area (Å²) in [4.78, 5) is 0. The lowest BCUT2D eigenvalue weighted by Crippen LogP contribution is -2.27. The molecule has 2 atom stereocenters. The molecule has 0 radical (unpaired) electrons. The van der Waals surface area contributed by atoms with Crippen molar-refractivity contribution in [3.63, 3.8) is 0 Å². The predicted molar refractivity (Wildman–Crippen MR) is 37.1 cm³/mol. The van der Waals surface area contributed by atoms with Gasteiger partial charge < -0.3 is 10.5 Å². The largest absolute Gasteiger partial charge is 0.379 e. The van der Waals surface area contributed by atoms with E-state index in [2.05, 4.69) is 6.58 Å². The third kappa shape index (κ3) is 1.53. The fourth-order valence-electron chi connectivity index (χ4n) is 1.07. The van der Waals surface area contributed by atoms with Crippen molar-refractivity contribution in [2.75, 3.05) is 13.2 Å². The first kappa shape index (κ1) is 6.78. The van der Waals surface area contributed by atoms with Crippen LogP contribution >= 0.6 is 0 Å². The molecule has 0 aromatic carbocycles. The fourth-order valence-corrected chi connectivity index (χ4v) is 1.07. The average molecular weight is 127 g/mol. The van der Waals surface area contributed by atoms with E-state index in [9.17, 15) is 0 Å². The monoisotopic (exact) mass is 127 g/mol. The minimum absolute atomic E-state index is 0.239. The van der Waals surface area contributed by atoms with Gasteiger partial charge >= 0.3 is 0 Å². The van der Waals surface area contributed by atoms with Gasteiger partial charge in [-0.05, 0) is 6.42 Å². The van der Waals surface area contributed by atoms with Gasteiger partial charge in [-0.15, -0.1) is 6.58 Å². The maximum Gasteiger partial charge on any atom is 0.0621 e. The molecule has 1 heterocycles. The van der Waals surface area contributed by atoms with E-state index in [-0.39, 0.29) is 6.04 Å². The van der Waals surface area contributed by atoms with Crippen molar-refractivity contribution in [1.29, 1.82) is 0 Å². The Bertz CT molecular complexity index is 103. The van der Waals surface area contributed by atoms with Crippen LogP contribution in [0.1, 0.15) is 6.42 Å². The summed E-state index contributed by atoms with van der Waals surface area (Å²) in [7, 11) is 0. The van der Waals surface area contributed by atoms with Gasteiger partial charge in [-0.1, -0.05) is 6.08 Å². The Morgan fingerprint density at radius 2 is 2.44 bits per heavy atom. The van der Waals surface area contributed by atoms with E-state index < -0.39 is 0 Å². The number of nitrogens with two attached hydrogens (primary N) is 1. The molecule has 0 aliphatic carbocycles. The zero-order valence-electron chi connectivity index (χ0n) is 5.55. The summed E-state index contributed by atoms with van der Waals surface area (Å²) in [6.45, 7) is 5.18. The van der Waals surface area contributed by atoms with Gasteiger partial charge in [0.15, 0.2) is 0 Å². The van der Waals surface area contributed by atoms with Crippen molar-refractivity contribution in [1.82, 2.24) is 0 Å². The highest BCUT2D eigenvalue weighted by atomic mass is 16.5. The van der Waals surface area contributed by atoms with E-state index in [1.165, 1.54) is 0 Å². The first-order valence-corrected chi connectivity index (χ1v) is 3.29. The van der Waals surface area contributed by atoms with E-state index in [0.29, 0.717) is 5.92 Å². The Morgan fingerprint density at radius 1 is 1.67 bits per heavy atom. The molecule has 1 saturated heterocycles. The van der Waals surface area contributed by atoms with Gasteiger partial charge in [0.25, 0.3) is 0 Å². The smallest absolute Gasteiger partial charge is 0.0621 e. The number of rotatable bonds is 2. The molecule has 0 bridgehead atoms. The van der Waals surface area contributed by atoms with E-state index in [0.717, 1.165) is 19.6 Å². The second-order valence-corrected chi connectivity index (χ2v) is 2.49. The van der Waals surface area contributed by atoms with Crippen molar-refractivity contribution in [2.45, 2.75) is 12.5 Å². The molecule has 0 amide bonds. The van der Waals surface area contributed by atoms with Crippen LogP contribution in [0.5, 0.6) is 0 Å². The lowest BCUT2D eigenvalue weighted by Gasteiger charge is -2.08. The van der Waals surface area contributed by atoms with E-state index in [1.54, 1.807) is 0 Å². The molecule has 52 valence electrons. The van der Waals surface area contributed by atoms with Gasteiger partial charge in [-0.3, -0.25) is 0 Å². The summed E-state index contributed by atoms with van der Waals surface area (Å²) in [5.74, 6) is 0.516. The van der Waals surface area contributed by atoms with Crippen LogP contribution in [0.25, 0.3) is 0 Å². The van der Waals surface area contributed by atoms with Crippen LogP contribution in [0, 0.1) is 5.92 Å².